The standard InChI is InChI=1S/C8H10O3/c1-6(8(9)10)5-7-3-2-4-11-7/h2-4,6H,5H2,1H3,(H,9,10)/t6-/m0/s1. The summed E-state index contributed by atoms with van der Waals surface area (Å²) in [7, 11) is 0. The summed E-state index contributed by atoms with van der Waals surface area (Å²) in [5.41, 5.74) is 0. The van der Waals surface area contributed by atoms with Crippen LogP contribution in [0.25, 0.3) is 0 Å². The molecule has 0 unspecified atom stereocenters. The third kappa shape index (κ3) is 2.11. The molecule has 11 heavy (non-hydrogen) atoms. The molecule has 0 saturated heterocycles. The average Bonchev–Trinajstić information content (AvgIpc) is 2.39. The van der Waals surface area contributed by atoms with E-state index < -0.39 is 5.97 Å². The van der Waals surface area contributed by atoms with E-state index in [4.69, 9.17) is 9.52 Å². The summed E-state index contributed by atoms with van der Waals surface area (Å²) in [6.07, 6.45) is 2.01. The molecule has 1 atom stereocenters. The van der Waals surface area contributed by atoms with Crippen LogP contribution in [0.3, 0.4) is 0 Å². The topological polar surface area (TPSA) is 50.4 Å². The van der Waals surface area contributed by atoms with Crippen molar-refractivity contribution in [1.82, 2.24) is 0 Å². The number of aliphatic carboxylic acids is 1. The van der Waals surface area contributed by atoms with E-state index in [0.29, 0.717) is 6.42 Å². The SMILES string of the molecule is C[C@@H](Cc1ccco1)C(=O)O. The highest BCUT2D eigenvalue weighted by molar-refractivity contribution is 5.69. The van der Waals surface area contributed by atoms with Gasteiger partial charge in [-0.2, -0.15) is 0 Å². The molecule has 0 aliphatic rings. The molecular weight excluding hydrogens is 144 g/mol. The van der Waals surface area contributed by atoms with Crippen molar-refractivity contribution >= 4 is 5.97 Å². The van der Waals surface area contributed by atoms with Gasteiger partial charge in [0.25, 0.3) is 0 Å². The van der Waals surface area contributed by atoms with Crippen LogP contribution in [0.15, 0.2) is 22.8 Å². The summed E-state index contributed by atoms with van der Waals surface area (Å²) in [4.78, 5) is 10.4. The van der Waals surface area contributed by atoms with E-state index in [0.717, 1.165) is 5.76 Å². The van der Waals surface area contributed by atoms with Crippen molar-refractivity contribution < 1.29 is 14.3 Å². The molecular formula is C8H10O3. The van der Waals surface area contributed by atoms with Gasteiger partial charge >= 0.3 is 5.97 Å². The monoisotopic (exact) mass is 154 g/mol. The van der Waals surface area contributed by atoms with Crippen molar-refractivity contribution in [3.8, 4) is 0 Å². The van der Waals surface area contributed by atoms with Gasteiger partial charge in [-0.05, 0) is 12.1 Å². The zero-order valence-corrected chi connectivity index (χ0v) is 6.28. The molecule has 1 N–H and O–H groups in total. The highest BCUT2D eigenvalue weighted by atomic mass is 16.4. The lowest BCUT2D eigenvalue weighted by Gasteiger charge is -2.01. The first-order chi connectivity index (χ1) is 5.20. The fourth-order valence-electron chi connectivity index (χ4n) is 0.818. The lowest BCUT2D eigenvalue weighted by molar-refractivity contribution is -0.141. The number of hydrogen-bond acceptors (Lipinski definition) is 2. The predicted molar refractivity (Wildman–Crippen MR) is 39.2 cm³/mol. The van der Waals surface area contributed by atoms with Gasteiger partial charge in [-0.25, -0.2) is 0 Å². The Hall–Kier alpha value is -1.25. The third-order valence-corrected chi connectivity index (χ3v) is 1.51. The van der Waals surface area contributed by atoms with Crippen molar-refractivity contribution in [2.75, 3.05) is 0 Å². The van der Waals surface area contributed by atoms with Gasteiger partial charge < -0.3 is 9.52 Å². The van der Waals surface area contributed by atoms with Crippen LogP contribution in [0.2, 0.25) is 0 Å². The van der Waals surface area contributed by atoms with Crippen LogP contribution in [0.1, 0.15) is 12.7 Å². The summed E-state index contributed by atoms with van der Waals surface area (Å²) in [6.45, 7) is 1.66. The van der Waals surface area contributed by atoms with Crippen LogP contribution >= 0.6 is 0 Å². The molecule has 3 nitrogen and oxygen atoms in total. The molecule has 0 saturated carbocycles. The highest BCUT2D eigenvalue weighted by Gasteiger charge is 2.12. The first kappa shape index (κ1) is 7.85. The minimum Gasteiger partial charge on any atom is -0.481 e. The summed E-state index contributed by atoms with van der Waals surface area (Å²) in [5, 5.41) is 8.54. The number of rotatable bonds is 3. The van der Waals surface area contributed by atoms with Crippen molar-refractivity contribution in [3.63, 3.8) is 0 Å². The molecule has 0 bridgehead atoms. The summed E-state index contributed by atoms with van der Waals surface area (Å²) in [6, 6.07) is 3.53. The molecule has 0 amide bonds. The molecule has 3 heteroatoms. The zero-order chi connectivity index (χ0) is 8.27. The van der Waals surface area contributed by atoms with Gasteiger partial charge in [0.2, 0.25) is 0 Å². The third-order valence-electron chi connectivity index (χ3n) is 1.51. The number of hydrogen-bond donors (Lipinski definition) is 1. The van der Waals surface area contributed by atoms with Crippen LogP contribution in [0.5, 0.6) is 0 Å². The van der Waals surface area contributed by atoms with E-state index >= 15 is 0 Å². The van der Waals surface area contributed by atoms with Crippen LogP contribution < -0.4 is 0 Å². The molecule has 1 rings (SSSR count). The van der Waals surface area contributed by atoms with Crippen molar-refractivity contribution in [2.24, 2.45) is 5.92 Å². The molecule has 0 aliphatic carbocycles. The smallest absolute Gasteiger partial charge is 0.306 e. The summed E-state index contributed by atoms with van der Waals surface area (Å²) < 4.78 is 4.99. The van der Waals surface area contributed by atoms with Gasteiger partial charge in [0, 0.05) is 6.42 Å². The minimum atomic E-state index is -0.790. The second kappa shape index (κ2) is 3.23. The van der Waals surface area contributed by atoms with E-state index in [1.807, 2.05) is 0 Å². The van der Waals surface area contributed by atoms with Crippen LogP contribution in [-0.4, -0.2) is 11.1 Å². The fraction of sp³-hybridized carbons (Fsp3) is 0.375. The molecule has 0 radical (unpaired) electrons. The molecule has 0 aliphatic heterocycles. The largest absolute Gasteiger partial charge is 0.481 e. The Balaban J connectivity index is 2.50. The van der Waals surface area contributed by atoms with Crippen molar-refractivity contribution in [3.05, 3.63) is 24.2 Å². The first-order valence-electron chi connectivity index (χ1n) is 3.45. The molecule has 1 heterocycles. The van der Waals surface area contributed by atoms with E-state index in [1.165, 1.54) is 0 Å². The molecule has 1 aromatic heterocycles. The zero-order valence-electron chi connectivity index (χ0n) is 6.28. The maximum absolute atomic E-state index is 10.4. The molecule has 0 aromatic carbocycles. The maximum Gasteiger partial charge on any atom is 0.306 e. The van der Waals surface area contributed by atoms with Gasteiger partial charge in [-0.3, -0.25) is 4.79 Å². The second-order valence-corrected chi connectivity index (χ2v) is 2.52. The first-order valence-corrected chi connectivity index (χ1v) is 3.45. The Labute approximate surface area is 64.6 Å². The number of carboxylic acid groups (broad SMARTS) is 1. The Morgan fingerprint density at radius 1 is 1.82 bits per heavy atom. The van der Waals surface area contributed by atoms with Gasteiger partial charge in [-0.1, -0.05) is 6.92 Å². The Bertz CT molecular complexity index is 225. The minimum absolute atomic E-state index is 0.374. The molecule has 0 fully saturated rings. The van der Waals surface area contributed by atoms with Crippen LogP contribution in [0, 0.1) is 5.92 Å². The van der Waals surface area contributed by atoms with E-state index in [-0.39, 0.29) is 5.92 Å². The van der Waals surface area contributed by atoms with Crippen molar-refractivity contribution in [2.45, 2.75) is 13.3 Å². The Morgan fingerprint density at radius 2 is 2.55 bits per heavy atom. The Morgan fingerprint density at radius 3 is 3.00 bits per heavy atom. The van der Waals surface area contributed by atoms with E-state index in [1.54, 1.807) is 25.3 Å². The summed E-state index contributed by atoms with van der Waals surface area (Å²) in [5.74, 6) is -0.442. The fourth-order valence-corrected chi connectivity index (χ4v) is 0.818. The van der Waals surface area contributed by atoms with Gasteiger partial charge in [0.05, 0.1) is 12.2 Å². The molecule has 1 aromatic rings. The molecule has 0 spiro atoms. The normalized spacial score (nSPS) is 12.8. The predicted octanol–water partition coefficient (Wildman–Crippen LogP) is 1.54. The van der Waals surface area contributed by atoms with Crippen LogP contribution in [-0.2, 0) is 11.2 Å². The highest BCUT2D eigenvalue weighted by Crippen LogP contribution is 2.08. The van der Waals surface area contributed by atoms with E-state index in [2.05, 4.69) is 0 Å². The van der Waals surface area contributed by atoms with Crippen LogP contribution in [0.4, 0.5) is 0 Å². The molecule has 60 valence electrons. The average molecular weight is 154 g/mol. The quantitative estimate of drug-likeness (QED) is 0.718. The van der Waals surface area contributed by atoms with Crippen molar-refractivity contribution in [1.29, 1.82) is 0 Å². The number of carboxylic acids is 1. The lowest BCUT2D eigenvalue weighted by Crippen LogP contribution is -2.11. The number of carbonyl (C=O) groups is 1. The number of furan rings is 1. The lowest BCUT2D eigenvalue weighted by atomic mass is 10.1. The van der Waals surface area contributed by atoms with Gasteiger partial charge in [0.15, 0.2) is 0 Å². The second-order valence-electron chi connectivity index (χ2n) is 2.52. The van der Waals surface area contributed by atoms with Gasteiger partial charge in [-0.15, -0.1) is 0 Å². The Kier molecular flexibility index (Phi) is 2.31. The maximum atomic E-state index is 10.4. The van der Waals surface area contributed by atoms with E-state index in [9.17, 15) is 4.79 Å². The summed E-state index contributed by atoms with van der Waals surface area (Å²) >= 11 is 0. The van der Waals surface area contributed by atoms with Gasteiger partial charge in [0.1, 0.15) is 5.76 Å².